The number of β-amino-alcohol motifs (C(OH)–C–C–N with tert-alkyl or cyclic N) is 1. The van der Waals surface area contributed by atoms with Crippen LogP contribution in [-0.2, 0) is 27.8 Å². The number of rotatable bonds is 16. The van der Waals surface area contributed by atoms with E-state index in [1.807, 2.05) is 30.5 Å². The van der Waals surface area contributed by atoms with Crippen LogP contribution in [-0.4, -0.2) is 137 Å². The zero-order chi connectivity index (χ0) is 52.2. The van der Waals surface area contributed by atoms with E-state index in [9.17, 15) is 14.7 Å². The number of imide groups is 1. The SMILES string of the molecule is CCc1c(F)ccc2cc(OCOC)cc(-c3nc(NC)c4c(N5CCC[C@@](C)(O)C5)nc(OCC5(CN6CCC(CN7CCC(c8cccc9c(C%10CCC(=O)NC%10=O)nn(C)c89)CC7)CC6)CC5)nc4c3F)c12. The molecule has 1 saturated carbocycles. The van der Waals surface area contributed by atoms with Crippen molar-refractivity contribution in [2.24, 2.45) is 18.4 Å². The van der Waals surface area contributed by atoms with Crippen molar-refractivity contribution < 1.29 is 37.7 Å². The lowest BCUT2D eigenvalue weighted by Crippen LogP contribution is -2.46. The van der Waals surface area contributed by atoms with E-state index in [4.69, 9.17) is 34.3 Å². The molecule has 4 saturated heterocycles. The Kier molecular flexibility index (Phi) is 14.2. The highest BCUT2D eigenvalue weighted by Crippen LogP contribution is 2.48. The molecule has 1 unspecified atom stereocenters. The fourth-order valence-electron chi connectivity index (χ4n) is 12.7. The third kappa shape index (κ3) is 10.2. The number of piperidine rings is 4. The molecule has 2 atom stereocenters. The number of nitrogens with one attached hydrogen (secondary N) is 2. The number of aromatic nitrogens is 5. The molecule has 1 aliphatic carbocycles. The topological polar surface area (TPSA) is 172 Å². The molecule has 3 aromatic heterocycles. The fourth-order valence-corrected chi connectivity index (χ4v) is 12.7. The predicted octanol–water partition coefficient (Wildman–Crippen LogP) is 8.22. The second-order valence-electron chi connectivity index (χ2n) is 22.3. The van der Waals surface area contributed by atoms with Gasteiger partial charge < -0.3 is 39.3 Å². The van der Waals surface area contributed by atoms with E-state index >= 15 is 8.78 Å². The van der Waals surface area contributed by atoms with E-state index in [-0.39, 0.29) is 47.8 Å². The molecule has 398 valence electrons. The normalized spacial score (nSPS) is 22.1. The Labute approximate surface area is 436 Å². The van der Waals surface area contributed by atoms with Gasteiger partial charge in [0.25, 0.3) is 0 Å². The van der Waals surface area contributed by atoms with Crippen LogP contribution in [0.4, 0.5) is 20.4 Å². The number of methoxy groups -OCH3 is 1. The summed E-state index contributed by atoms with van der Waals surface area (Å²) in [6.45, 7) is 11.0. The monoisotopic (exact) mass is 1030 g/mol. The number of ether oxygens (including phenoxy) is 3. The van der Waals surface area contributed by atoms with E-state index < -0.39 is 23.2 Å². The number of carbonyl (C=O) groups excluding carboxylic acids is 2. The van der Waals surface area contributed by atoms with E-state index in [1.165, 1.54) is 18.7 Å². The Morgan fingerprint density at radius 3 is 2.43 bits per heavy atom. The number of fused-ring (bicyclic) bond motifs is 3. The van der Waals surface area contributed by atoms with Crippen LogP contribution >= 0.6 is 0 Å². The minimum Gasteiger partial charge on any atom is -0.468 e. The first-order chi connectivity index (χ1) is 36.2. The second-order valence-corrected chi connectivity index (χ2v) is 22.3. The zero-order valence-electron chi connectivity index (χ0n) is 43.9. The van der Waals surface area contributed by atoms with Gasteiger partial charge in [-0.1, -0.05) is 31.2 Å². The minimum absolute atomic E-state index is 0.0166. The maximum Gasteiger partial charge on any atom is 0.319 e. The molecule has 6 aromatic rings. The van der Waals surface area contributed by atoms with Crippen LogP contribution in [0.2, 0.25) is 0 Å². The number of para-hydroxylation sites is 1. The van der Waals surface area contributed by atoms with Crippen molar-refractivity contribution in [2.45, 2.75) is 102 Å². The molecule has 4 aliphatic heterocycles. The first-order valence-electron chi connectivity index (χ1n) is 27.0. The van der Waals surface area contributed by atoms with Crippen LogP contribution < -0.4 is 25.0 Å². The highest BCUT2D eigenvalue weighted by atomic mass is 19.1. The van der Waals surface area contributed by atoms with Gasteiger partial charge in [0.1, 0.15) is 34.4 Å². The molecule has 18 heteroatoms. The highest BCUT2D eigenvalue weighted by Gasteiger charge is 2.46. The molecular weight excluding hydrogens is 959 g/mol. The summed E-state index contributed by atoms with van der Waals surface area (Å²) in [5, 5.41) is 24.4. The average Bonchev–Trinajstić information content (AvgIpc) is 4.09. The smallest absolute Gasteiger partial charge is 0.319 e. The summed E-state index contributed by atoms with van der Waals surface area (Å²) in [5.74, 6) is 0.251. The first-order valence-corrected chi connectivity index (χ1v) is 27.0. The lowest BCUT2D eigenvalue weighted by atomic mass is 9.86. The number of pyridine rings is 1. The Morgan fingerprint density at radius 2 is 1.71 bits per heavy atom. The van der Waals surface area contributed by atoms with Crippen LogP contribution in [0, 0.1) is 23.0 Å². The van der Waals surface area contributed by atoms with Gasteiger partial charge in [0.15, 0.2) is 12.6 Å². The fraction of sp³-hybridized carbons (Fsp3) is 0.544. The summed E-state index contributed by atoms with van der Waals surface area (Å²) in [6.07, 6.45) is 8.95. The molecule has 5 fully saturated rings. The molecule has 5 aliphatic rings. The molecule has 16 nitrogen and oxygen atoms in total. The van der Waals surface area contributed by atoms with Crippen LogP contribution in [0.1, 0.15) is 107 Å². The summed E-state index contributed by atoms with van der Waals surface area (Å²) in [5.41, 5.74) is 2.90. The van der Waals surface area contributed by atoms with Crippen LogP contribution in [0.3, 0.4) is 0 Å². The van der Waals surface area contributed by atoms with Gasteiger partial charge in [0.05, 0.1) is 34.7 Å². The number of aryl methyl sites for hydroxylation is 2. The molecule has 3 N–H and O–H groups in total. The van der Waals surface area contributed by atoms with Crippen LogP contribution in [0.15, 0.2) is 42.5 Å². The van der Waals surface area contributed by atoms with Crippen molar-refractivity contribution in [3.8, 4) is 23.0 Å². The third-order valence-electron chi connectivity index (χ3n) is 16.8. The summed E-state index contributed by atoms with van der Waals surface area (Å²) < 4.78 is 52.8. The molecule has 2 amide bonds. The van der Waals surface area contributed by atoms with Gasteiger partial charge in [0.2, 0.25) is 11.8 Å². The van der Waals surface area contributed by atoms with E-state index in [0.29, 0.717) is 102 Å². The number of hydrogen-bond donors (Lipinski definition) is 3. The second kappa shape index (κ2) is 20.8. The quantitative estimate of drug-likeness (QED) is 0.0626. The number of benzene rings is 3. The van der Waals surface area contributed by atoms with Gasteiger partial charge in [0, 0.05) is 70.2 Å². The number of hydrogen-bond acceptors (Lipinski definition) is 14. The molecular formula is C57H70F2N10O6. The minimum atomic E-state index is -0.989. The number of nitrogens with zero attached hydrogens (tertiary/aromatic N) is 8. The highest BCUT2D eigenvalue weighted by molar-refractivity contribution is 6.05. The van der Waals surface area contributed by atoms with E-state index in [0.717, 1.165) is 94.4 Å². The van der Waals surface area contributed by atoms with E-state index in [1.54, 1.807) is 25.2 Å². The molecule has 0 radical (unpaired) electrons. The maximum absolute atomic E-state index is 17.7. The molecule has 3 aromatic carbocycles. The lowest BCUT2D eigenvalue weighted by molar-refractivity contribution is -0.134. The summed E-state index contributed by atoms with van der Waals surface area (Å²) >= 11 is 0. The molecule has 0 spiro atoms. The summed E-state index contributed by atoms with van der Waals surface area (Å²) in [4.78, 5) is 46.6. The van der Waals surface area contributed by atoms with Crippen LogP contribution in [0.5, 0.6) is 11.8 Å². The molecule has 11 rings (SSSR count). The third-order valence-corrected chi connectivity index (χ3v) is 16.8. The Balaban J connectivity index is 0.774. The van der Waals surface area contributed by atoms with Gasteiger partial charge in [-0.3, -0.25) is 19.6 Å². The first kappa shape index (κ1) is 51.0. The van der Waals surface area contributed by atoms with Gasteiger partial charge in [-0.15, -0.1) is 0 Å². The Bertz CT molecular complexity index is 3150. The Hall–Kier alpha value is -6.08. The van der Waals surface area contributed by atoms with Crippen LogP contribution in [0.25, 0.3) is 43.8 Å². The van der Waals surface area contributed by atoms with Gasteiger partial charge >= 0.3 is 6.01 Å². The van der Waals surface area contributed by atoms with Crippen molar-refractivity contribution in [1.82, 2.24) is 39.8 Å². The van der Waals surface area contributed by atoms with Crippen molar-refractivity contribution in [2.75, 3.05) is 90.1 Å². The van der Waals surface area contributed by atoms with Crippen molar-refractivity contribution in [3.63, 3.8) is 0 Å². The number of carbonyl (C=O) groups is 2. The number of amides is 2. The van der Waals surface area contributed by atoms with E-state index in [2.05, 4.69) is 38.6 Å². The maximum atomic E-state index is 17.7. The Morgan fingerprint density at radius 1 is 0.920 bits per heavy atom. The van der Waals surface area contributed by atoms with Gasteiger partial charge in [-0.25, -0.2) is 13.8 Å². The molecule has 75 heavy (non-hydrogen) atoms. The largest absolute Gasteiger partial charge is 0.468 e. The molecule has 0 bridgehead atoms. The number of halogens is 2. The number of aliphatic hydroxyl groups is 1. The number of anilines is 2. The lowest BCUT2D eigenvalue weighted by Gasteiger charge is -2.39. The summed E-state index contributed by atoms with van der Waals surface area (Å²) in [6, 6.07) is 13.0. The zero-order valence-corrected chi connectivity index (χ0v) is 43.9. The standard InChI is InChI=1S/C57H70F2N10O6/c1-6-38-43(58)13-11-36-27-37(75-33-73-5)28-42(45(36)38)49-47(59)50-46(52(60-3)62-49)53(69-22-8-19-56(2,72)30-69)64-55(63-50)74-32-57(20-21-57)31-68-23-15-34(16-24-68)29-67-25-17-35(18-26-67)39-9-7-10-40-48(65-66(4)51(39)40)41-12-14-44(70)61-54(41)71/h7,9-11,13,27-28,34-35,41,72H,6,8,12,14-26,29-33H2,1-5H3,(H,60,62)(H,61,70,71)/t41?,56-/m1/s1. The molecule has 7 heterocycles. The van der Waals surface area contributed by atoms with Gasteiger partial charge in [-0.05, 0) is 149 Å². The summed E-state index contributed by atoms with van der Waals surface area (Å²) in [7, 11) is 5.20. The van der Waals surface area contributed by atoms with Crippen molar-refractivity contribution >= 4 is 56.0 Å². The van der Waals surface area contributed by atoms with Gasteiger partial charge in [-0.2, -0.15) is 15.1 Å². The number of likely N-dealkylation sites (tertiary alicyclic amines) is 2. The van der Waals surface area contributed by atoms with Crippen molar-refractivity contribution in [3.05, 3.63) is 70.9 Å². The predicted molar refractivity (Wildman–Crippen MR) is 284 cm³/mol. The van der Waals surface area contributed by atoms with Crippen molar-refractivity contribution in [1.29, 1.82) is 0 Å². The average molecular weight is 1030 g/mol.